The molecule has 4 heterocycles. The van der Waals surface area contributed by atoms with Gasteiger partial charge in [-0.3, -0.25) is 14.7 Å². The number of aromatic nitrogens is 4. The van der Waals surface area contributed by atoms with E-state index in [4.69, 9.17) is 0 Å². The van der Waals surface area contributed by atoms with Gasteiger partial charge < -0.3 is 9.88 Å². The maximum Gasteiger partial charge on any atom is 0.289 e. The molecule has 1 aromatic carbocycles. The Morgan fingerprint density at radius 2 is 1.87 bits per heavy atom. The van der Waals surface area contributed by atoms with Crippen LogP contribution in [0.4, 0.5) is 0 Å². The number of hydrogen-bond donors (Lipinski definition) is 1. The van der Waals surface area contributed by atoms with E-state index in [2.05, 4.69) is 37.5 Å². The average molecular weight is 403 g/mol. The summed E-state index contributed by atoms with van der Waals surface area (Å²) in [5.41, 5.74) is 3.25. The van der Waals surface area contributed by atoms with Gasteiger partial charge in [0.25, 0.3) is 5.91 Å². The first-order valence-corrected chi connectivity index (χ1v) is 10.5. The molecule has 3 aromatic rings. The van der Waals surface area contributed by atoms with E-state index >= 15 is 0 Å². The molecule has 0 unspecified atom stereocenters. The minimum Gasteiger partial charge on any atom is -0.345 e. The van der Waals surface area contributed by atoms with Crippen LogP contribution in [-0.4, -0.2) is 43.6 Å². The summed E-state index contributed by atoms with van der Waals surface area (Å²) in [4.78, 5) is 19.8. The highest BCUT2D eigenvalue weighted by Crippen LogP contribution is 2.33. The number of amides is 1. The Hall–Kier alpha value is -3.06. The van der Waals surface area contributed by atoms with Crippen LogP contribution in [0.25, 0.3) is 0 Å². The van der Waals surface area contributed by atoms with Crippen LogP contribution in [0.1, 0.15) is 33.4 Å². The summed E-state index contributed by atoms with van der Waals surface area (Å²) in [5, 5.41) is 11.5. The van der Waals surface area contributed by atoms with E-state index in [9.17, 15) is 4.79 Å². The topological polar surface area (TPSA) is 75.9 Å². The van der Waals surface area contributed by atoms with Crippen molar-refractivity contribution in [1.29, 1.82) is 0 Å². The molecule has 0 spiro atoms. The van der Waals surface area contributed by atoms with Crippen molar-refractivity contribution in [2.75, 3.05) is 13.1 Å². The van der Waals surface area contributed by atoms with Gasteiger partial charge in [0.05, 0.1) is 5.69 Å². The van der Waals surface area contributed by atoms with E-state index in [1.54, 1.807) is 0 Å². The second-order valence-corrected chi connectivity index (χ2v) is 8.41. The smallest absolute Gasteiger partial charge is 0.289 e. The number of aryl methyl sites for hydroxylation is 1. The maximum atomic E-state index is 12.7. The Bertz CT molecular complexity index is 1050. The molecule has 2 aliphatic rings. The number of carbonyl (C=O) groups excluding carboxylic acids is 1. The van der Waals surface area contributed by atoms with Gasteiger partial charge in [0.1, 0.15) is 5.82 Å². The number of fused-ring (bicyclic) bond motifs is 2. The first kappa shape index (κ1) is 18.9. The van der Waals surface area contributed by atoms with Gasteiger partial charge in [-0.15, -0.1) is 10.2 Å². The molecule has 30 heavy (non-hydrogen) atoms. The maximum absolute atomic E-state index is 12.7. The number of pyridine rings is 1. The molecule has 0 aliphatic carbocycles. The number of rotatable bonds is 5. The summed E-state index contributed by atoms with van der Waals surface area (Å²) < 4.78 is 2.02. The summed E-state index contributed by atoms with van der Waals surface area (Å²) in [6, 6.07) is 16.1. The number of benzene rings is 1. The molecule has 1 fully saturated rings. The largest absolute Gasteiger partial charge is 0.345 e. The third-order valence-electron chi connectivity index (χ3n) is 6.17. The first-order chi connectivity index (χ1) is 14.7. The van der Waals surface area contributed by atoms with Gasteiger partial charge in [0.15, 0.2) is 0 Å². The molecule has 1 amide bonds. The lowest BCUT2D eigenvalue weighted by molar-refractivity contribution is 0.0932. The molecule has 2 atom stereocenters. The van der Waals surface area contributed by atoms with E-state index < -0.39 is 0 Å². The molecule has 2 aromatic heterocycles. The van der Waals surface area contributed by atoms with Gasteiger partial charge in [-0.05, 0) is 36.5 Å². The van der Waals surface area contributed by atoms with Gasteiger partial charge in [0, 0.05) is 44.8 Å². The first-order valence-electron chi connectivity index (χ1n) is 10.5. The lowest BCUT2D eigenvalue weighted by Crippen LogP contribution is -2.32. The Kier molecular flexibility index (Phi) is 5.04. The predicted octanol–water partition coefficient (Wildman–Crippen LogP) is 2.22. The highest BCUT2D eigenvalue weighted by Gasteiger charge is 2.39. The highest BCUT2D eigenvalue weighted by molar-refractivity contribution is 5.90. The van der Waals surface area contributed by atoms with Crippen molar-refractivity contribution in [3.63, 3.8) is 0 Å². The minimum atomic E-state index is -0.158. The third-order valence-corrected chi connectivity index (χ3v) is 6.17. The van der Waals surface area contributed by atoms with Crippen LogP contribution < -0.4 is 5.32 Å². The van der Waals surface area contributed by atoms with Gasteiger partial charge in [0.2, 0.25) is 5.82 Å². The van der Waals surface area contributed by atoms with Gasteiger partial charge >= 0.3 is 0 Å². The fraction of sp³-hybridized carbons (Fsp3) is 0.391. The monoisotopic (exact) mass is 402 g/mol. The van der Waals surface area contributed by atoms with Crippen molar-refractivity contribution in [1.82, 2.24) is 30.0 Å². The molecule has 154 valence electrons. The third kappa shape index (κ3) is 3.85. The fourth-order valence-electron chi connectivity index (χ4n) is 4.69. The number of likely N-dealkylation sites (tertiary alicyclic amines) is 1. The lowest BCUT2D eigenvalue weighted by Gasteiger charge is -2.25. The average Bonchev–Trinajstić information content (AvgIpc) is 3.33. The van der Waals surface area contributed by atoms with E-state index in [0.717, 1.165) is 55.4 Å². The molecular formula is C23H26N6O. The number of nitrogens with zero attached hydrogens (tertiary/aromatic N) is 5. The zero-order chi connectivity index (χ0) is 20.5. The van der Waals surface area contributed by atoms with Crippen LogP contribution in [-0.2, 0) is 26.1 Å². The number of hydrogen-bond acceptors (Lipinski definition) is 5. The highest BCUT2D eigenvalue weighted by atomic mass is 16.2. The van der Waals surface area contributed by atoms with Crippen LogP contribution in [0.3, 0.4) is 0 Å². The van der Waals surface area contributed by atoms with E-state index in [1.165, 1.54) is 0 Å². The number of nitrogens with one attached hydrogen (secondary N) is 1. The zero-order valence-corrected chi connectivity index (χ0v) is 17.2. The van der Waals surface area contributed by atoms with Crippen LogP contribution >= 0.6 is 0 Å². The second-order valence-electron chi connectivity index (χ2n) is 8.41. The minimum absolute atomic E-state index is 0.158. The van der Waals surface area contributed by atoms with Crippen molar-refractivity contribution < 1.29 is 4.79 Å². The molecule has 7 nitrogen and oxygen atoms in total. The van der Waals surface area contributed by atoms with Crippen molar-refractivity contribution >= 4 is 5.91 Å². The zero-order valence-electron chi connectivity index (χ0n) is 17.2. The standard InChI is InChI=1S/C23H26N6O/c1-16-6-5-9-20(25-16)15-28-12-18-10-21-26-27-22(29(21)14-19(18)13-28)23(30)24-11-17-7-3-2-4-8-17/h2-9,18-19H,10-15H2,1H3,(H,24,30)/t18-,19-/m0/s1. The summed E-state index contributed by atoms with van der Waals surface area (Å²) in [6.07, 6.45) is 0.876. The Labute approximate surface area is 176 Å². The van der Waals surface area contributed by atoms with Crippen LogP contribution in [0.2, 0.25) is 0 Å². The SMILES string of the molecule is Cc1cccc(CN2C[C@@H]3Cc4nnc(C(=O)NCc5ccccc5)n4C[C@@H]3C2)n1. The van der Waals surface area contributed by atoms with Crippen molar-refractivity contribution in [2.45, 2.75) is 33.0 Å². The van der Waals surface area contributed by atoms with E-state index in [0.29, 0.717) is 24.2 Å². The molecule has 7 heteroatoms. The summed E-state index contributed by atoms with van der Waals surface area (Å²) >= 11 is 0. The van der Waals surface area contributed by atoms with E-state index in [1.807, 2.05) is 47.9 Å². The second kappa shape index (κ2) is 7.99. The normalized spacial score (nSPS) is 20.6. The van der Waals surface area contributed by atoms with Crippen LogP contribution in [0.5, 0.6) is 0 Å². The van der Waals surface area contributed by atoms with Gasteiger partial charge in [-0.1, -0.05) is 36.4 Å². The van der Waals surface area contributed by atoms with Crippen molar-refractivity contribution in [3.05, 3.63) is 77.1 Å². The van der Waals surface area contributed by atoms with Crippen LogP contribution in [0, 0.1) is 18.8 Å². The molecular weight excluding hydrogens is 376 g/mol. The molecule has 0 bridgehead atoms. The number of carbonyl (C=O) groups is 1. The van der Waals surface area contributed by atoms with Gasteiger partial charge in [-0.25, -0.2) is 0 Å². The van der Waals surface area contributed by atoms with Crippen molar-refractivity contribution in [3.8, 4) is 0 Å². The quantitative estimate of drug-likeness (QED) is 0.708. The molecule has 0 radical (unpaired) electrons. The Morgan fingerprint density at radius 1 is 1.03 bits per heavy atom. The molecule has 2 aliphatic heterocycles. The predicted molar refractivity (Wildman–Crippen MR) is 113 cm³/mol. The Balaban J connectivity index is 1.24. The molecule has 1 saturated heterocycles. The van der Waals surface area contributed by atoms with Crippen LogP contribution in [0.15, 0.2) is 48.5 Å². The molecule has 0 saturated carbocycles. The summed E-state index contributed by atoms with van der Waals surface area (Å²) in [7, 11) is 0. The summed E-state index contributed by atoms with van der Waals surface area (Å²) in [5.74, 6) is 2.27. The lowest BCUT2D eigenvalue weighted by atomic mass is 9.89. The summed E-state index contributed by atoms with van der Waals surface area (Å²) in [6.45, 7) is 6.26. The molecule has 1 N–H and O–H groups in total. The molecule has 5 rings (SSSR count). The van der Waals surface area contributed by atoms with Crippen molar-refractivity contribution in [2.24, 2.45) is 11.8 Å². The van der Waals surface area contributed by atoms with E-state index in [-0.39, 0.29) is 5.91 Å². The fourth-order valence-corrected chi connectivity index (χ4v) is 4.69. The Morgan fingerprint density at radius 3 is 2.70 bits per heavy atom. The van der Waals surface area contributed by atoms with Gasteiger partial charge in [-0.2, -0.15) is 0 Å².